The first-order chi connectivity index (χ1) is 6.36. The molecule has 13 heavy (non-hydrogen) atoms. The SMILES string of the molecule is ClC1CCCC(c2cccnc2)=N1. The van der Waals surface area contributed by atoms with Gasteiger partial charge in [0.05, 0.1) is 0 Å². The van der Waals surface area contributed by atoms with Gasteiger partial charge in [-0.1, -0.05) is 17.7 Å². The van der Waals surface area contributed by atoms with Gasteiger partial charge in [0.25, 0.3) is 0 Å². The molecule has 0 bridgehead atoms. The highest BCUT2D eigenvalue weighted by Crippen LogP contribution is 2.19. The smallest absolute Gasteiger partial charge is 0.124 e. The first-order valence-electron chi connectivity index (χ1n) is 4.47. The van der Waals surface area contributed by atoms with E-state index in [4.69, 9.17) is 11.6 Å². The van der Waals surface area contributed by atoms with E-state index >= 15 is 0 Å². The lowest BCUT2D eigenvalue weighted by Crippen LogP contribution is -2.12. The van der Waals surface area contributed by atoms with Crippen molar-refractivity contribution in [3.63, 3.8) is 0 Å². The van der Waals surface area contributed by atoms with Crippen LogP contribution >= 0.6 is 11.6 Å². The van der Waals surface area contributed by atoms with E-state index in [9.17, 15) is 0 Å². The number of aromatic nitrogens is 1. The first-order valence-corrected chi connectivity index (χ1v) is 4.91. The summed E-state index contributed by atoms with van der Waals surface area (Å²) in [7, 11) is 0. The molecule has 2 nitrogen and oxygen atoms in total. The van der Waals surface area contributed by atoms with Crippen LogP contribution in [0.2, 0.25) is 0 Å². The fraction of sp³-hybridized carbons (Fsp3) is 0.400. The van der Waals surface area contributed by atoms with E-state index in [1.54, 1.807) is 6.20 Å². The highest BCUT2D eigenvalue weighted by Gasteiger charge is 2.13. The summed E-state index contributed by atoms with van der Waals surface area (Å²) in [4.78, 5) is 8.46. The molecule has 2 heterocycles. The molecule has 1 aliphatic rings. The van der Waals surface area contributed by atoms with Gasteiger partial charge in [-0.25, -0.2) is 0 Å². The minimum Gasteiger partial charge on any atom is -0.270 e. The number of halogens is 1. The van der Waals surface area contributed by atoms with Crippen molar-refractivity contribution < 1.29 is 0 Å². The van der Waals surface area contributed by atoms with Crippen LogP contribution in [-0.4, -0.2) is 16.2 Å². The molecular weight excluding hydrogens is 184 g/mol. The maximum Gasteiger partial charge on any atom is 0.124 e. The molecule has 3 heteroatoms. The molecule has 0 aliphatic carbocycles. The van der Waals surface area contributed by atoms with Crippen LogP contribution in [0.25, 0.3) is 0 Å². The summed E-state index contributed by atoms with van der Waals surface area (Å²) in [6.45, 7) is 0. The third-order valence-electron chi connectivity index (χ3n) is 2.15. The largest absolute Gasteiger partial charge is 0.270 e. The second kappa shape index (κ2) is 3.88. The number of hydrogen-bond donors (Lipinski definition) is 0. The quantitative estimate of drug-likeness (QED) is 0.499. The maximum atomic E-state index is 5.95. The van der Waals surface area contributed by atoms with E-state index in [-0.39, 0.29) is 5.50 Å². The Bertz CT molecular complexity index is 308. The highest BCUT2D eigenvalue weighted by atomic mass is 35.5. The van der Waals surface area contributed by atoms with Crippen LogP contribution < -0.4 is 0 Å². The molecule has 1 aromatic rings. The summed E-state index contributed by atoms with van der Waals surface area (Å²) < 4.78 is 0. The summed E-state index contributed by atoms with van der Waals surface area (Å²) in [6, 6.07) is 3.95. The van der Waals surface area contributed by atoms with Gasteiger partial charge in [0.15, 0.2) is 0 Å². The van der Waals surface area contributed by atoms with Crippen LogP contribution in [0.4, 0.5) is 0 Å². The first kappa shape index (κ1) is 8.70. The predicted molar refractivity (Wildman–Crippen MR) is 54.3 cm³/mol. The topological polar surface area (TPSA) is 25.2 Å². The number of aliphatic imine (C=N–C) groups is 1. The van der Waals surface area contributed by atoms with Crippen molar-refractivity contribution in [2.24, 2.45) is 4.99 Å². The average molecular weight is 195 g/mol. The van der Waals surface area contributed by atoms with Crippen molar-refractivity contribution >= 4 is 17.3 Å². The summed E-state index contributed by atoms with van der Waals surface area (Å²) in [5.74, 6) is 0. The van der Waals surface area contributed by atoms with E-state index in [0.717, 1.165) is 30.5 Å². The Kier molecular flexibility index (Phi) is 2.60. The molecule has 0 saturated heterocycles. The zero-order valence-electron chi connectivity index (χ0n) is 7.28. The molecule has 0 amide bonds. The lowest BCUT2D eigenvalue weighted by atomic mass is 10.0. The number of pyridine rings is 1. The molecule has 0 fully saturated rings. The van der Waals surface area contributed by atoms with E-state index in [2.05, 4.69) is 9.98 Å². The normalized spacial score (nSPS) is 22.5. The van der Waals surface area contributed by atoms with Crippen LogP contribution in [0.1, 0.15) is 24.8 Å². The molecule has 1 unspecified atom stereocenters. The standard InChI is InChI=1S/C10H11ClN2/c11-10-5-1-4-9(13-10)8-3-2-6-12-7-8/h2-3,6-7,10H,1,4-5H2. The van der Waals surface area contributed by atoms with Crippen molar-refractivity contribution in [3.05, 3.63) is 30.1 Å². The lowest BCUT2D eigenvalue weighted by Gasteiger charge is -2.15. The zero-order chi connectivity index (χ0) is 9.10. The van der Waals surface area contributed by atoms with E-state index < -0.39 is 0 Å². The monoisotopic (exact) mass is 194 g/mol. The van der Waals surface area contributed by atoms with Crippen molar-refractivity contribution in [3.8, 4) is 0 Å². The number of rotatable bonds is 1. The van der Waals surface area contributed by atoms with E-state index in [1.165, 1.54) is 0 Å². The third-order valence-corrected chi connectivity index (χ3v) is 2.46. The van der Waals surface area contributed by atoms with Crippen molar-refractivity contribution in [2.45, 2.75) is 24.8 Å². The summed E-state index contributed by atoms with van der Waals surface area (Å²) in [6.07, 6.45) is 6.75. The molecule has 1 aromatic heterocycles. The molecule has 1 atom stereocenters. The fourth-order valence-electron chi connectivity index (χ4n) is 1.49. The lowest BCUT2D eigenvalue weighted by molar-refractivity contribution is 0.696. The number of hydrogen-bond acceptors (Lipinski definition) is 2. The zero-order valence-corrected chi connectivity index (χ0v) is 8.04. The van der Waals surface area contributed by atoms with Gasteiger partial charge in [-0.2, -0.15) is 0 Å². The number of alkyl halides is 1. The minimum atomic E-state index is -0.0380. The van der Waals surface area contributed by atoms with Gasteiger partial charge in [-0.3, -0.25) is 9.98 Å². The average Bonchev–Trinajstić information content (AvgIpc) is 2.19. The fourth-order valence-corrected chi connectivity index (χ4v) is 1.76. The Morgan fingerprint density at radius 2 is 2.38 bits per heavy atom. The Hall–Kier alpha value is -0.890. The molecule has 0 saturated carbocycles. The van der Waals surface area contributed by atoms with Crippen LogP contribution in [0.3, 0.4) is 0 Å². The van der Waals surface area contributed by atoms with Crippen LogP contribution in [0, 0.1) is 0 Å². The Labute approximate surface area is 82.7 Å². The van der Waals surface area contributed by atoms with Gasteiger partial charge < -0.3 is 0 Å². The van der Waals surface area contributed by atoms with E-state index in [0.29, 0.717) is 0 Å². The van der Waals surface area contributed by atoms with Crippen LogP contribution in [0.5, 0.6) is 0 Å². The Morgan fingerprint density at radius 1 is 1.46 bits per heavy atom. The van der Waals surface area contributed by atoms with Gasteiger partial charge in [-0.05, 0) is 25.3 Å². The molecule has 0 radical (unpaired) electrons. The molecule has 2 rings (SSSR count). The number of nitrogens with zero attached hydrogens (tertiary/aromatic N) is 2. The van der Waals surface area contributed by atoms with Crippen molar-refractivity contribution in [1.82, 2.24) is 4.98 Å². The van der Waals surface area contributed by atoms with Gasteiger partial charge in [-0.15, -0.1) is 0 Å². The maximum absolute atomic E-state index is 5.95. The molecule has 68 valence electrons. The van der Waals surface area contributed by atoms with Crippen LogP contribution in [-0.2, 0) is 0 Å². The highest BCUT2D eigenvalue weighted by molar-refractivity contribution is 6.21. The predicted octanol–water partition coefficient (Wildman–Crippen LogP) is 2.62. The van der Waals surface area contributed by atoms with Gasteiger partial charge >= 0.3 is 0 Å². The molecule has 1 aliphatic heterocycles. The Balaban J connectivity index is 2.26. The molecule has 0 N–H and O–H groups in total. The Morgan fingerprint density at radius 3 is 3.08 bits per heavy atom. The minimum absolute atomic E-state index is 0.0380. The molecule has 0 spiro atoms. The second-order valence-corrected chi connectivity index (χ2v) is 3.65. The summed E-state index contributed by atoms with van der Waals surface area (Å²) in [5.41, 5.74) is 2.16. The van der Waals surface area contributed by atoms with Gasteiger partial charge in [0, 0.05) is 23.7 Å². The molecular formula is C10H11ClN2. The summed E-state index contributed by atoms with van der Waals surface area (Å²) >= 11 is 5.95. The van der Waals surface area contributed by atoms with Crippen molar-refractivity contribution in [1.29, 1.82) is 0 Å². The summed E-state index contributed by atoms with van der Waals surface area (Å²) in [5, 5.41) is 0. The van der Waals surface area contributed by atoms with E-state index in [1.807, 2.05) is 18.3 Å². The van der Waals surface area contributed by atoms with Crippen LogP contribution in [0.15, 0.2) is 29.5 Å². The third kappa shape index (κ3) is 2.07. The van der Waals surface area contributed by atoms with Crippen molar-refractivity contribution in [2.75, 3.05) is 0 Å². The van der Waals surface area contributed by atoms with Gasteiger partial charge in [0.1, 0.15) is 5.50 Å². The molecule has 0 aromatic carbocycles. The second-order valence-electron chi connectivity index (χ2n) is 3.14. The van der Waals surface area contributed by atoms with Gasteiger partial charge in [0.2, 0.25) is 0 Å².